The van der Waals surface area contributed by atoms with E-state index in [0.717, 1.165) is 12.3 Å². The quantitative estimate of drug-likeness (QED) is 0.912. The Balaban J connectivity index is 2.35. The van der Waals surface area contributed by atoms with Crippen LogP contribution in [0.25, 0.3) is 0 Å². The van der Waals surface area contributed by atoms with Gasteiger partial charge in [0, 0.05) is 41.9 Å². The van der Waals surface area contributed by atoms with Crippen LogP contribution in [0.2, 0.25) is 0 Å². The lowest BCUT2D eigenvalue weighted by atomic mass is 10.1. The molecule has 3 nitrogen and oxygen atoms in total. The fraction of sp³-hybridized carbons (Fsp3) is 0.571. The van der Waals surface area contributed by atoms with E-state index >= 15 is 0 Å². The fourth-order valence-electron chi connectivity index (χ4n) is 2.38. The molecule has 1 fully saturated rings. The molecule has 0 bridgehead atoms. The van der Waals surface area contributed by atoms with Gasteiger partial charge in [-0.1, -0.05) is 13.0 Å². The molecule has 0 radical (unpaired) electrons. The summed E-state index contributed by atoms with van der Waals surface area (Å²) in [6, 6.07) is 6.70. The van der Waals surface area contributed by atoms with Crippen LogP contribution in [0.15, 0.2) is 18.2 Å². The second kappa shape index (κ2) is 5.85. The molecular weight excluding hydrogens is 244 g/mol. The van der Waals surface area contributed by atoms with Crippen molar-refractivity contribution in [3.05, 3.63) is 23.8 Å². The van der Waals surface area contributed by atoms with E-state index in [1.165, 1.54) is 17.0 Å². The molecule has 0 aliphatic carbocycles. The number of hydrogen-bond donors (Lipinski definition) is 1. The zero-order valence-corrected chi connectivity index (χ0v) is 12.2. The third-order valence-electron chi connectivity index (χ3n) is 3.71. The lowest BCUT2D eigenvalue weighted by Gasteiger charge is -2.40. The molecule has 4 heteroatoms. The van der Waals surface area contributed by atoms with E-state index in [1.807, 2.05) is 17.8 Å². The smallest absolute Gasteiger partial charge is 0.120 e. The molecule has 100 valence electrons. The number of hydrogen-bond acceptors (Lipinski definition) is 4. The molecule has 0 amide bonds. The van der Waals surface area contributed by atoms with E-state index in [4.69, 9.17) is 10.5 Å². The van der Waals surface area contributed by atoms with Gasteiger partial charge >= 0.3 is 0 Å². The summed E-state index contributed by atoms with van der Waals surface area (Å²) in [7, 11) is 1.71. The third kappa shape index (κ3) is 2.59. The Labute approximate surface area is 114 Å². The first kappa shape index (κ1) is 13.6. The molecule has 2 rings (SSSR count). The maximum absolute atomic E-state index is 5.86. The van der Waals surface area contributed by atoms with E-state index in [0.29, 0.717) is 17.8 Å². The summed E-state index contributed by atoms with van der Waals surface area (Å²) in [6.45, 7) is 6.24. The predicted molar refractivity (Wildman–Crippen MR) is 79.6 cm³/mol. The largest absolute Gasteiger partial charge is 0.497 e. The second-order valence-corrected chi connectivity index (χ2v) is 6.19. The number of methoxy groups -OCH3 is 1. The van der Waals surface area contributed by atoms with Crippen LogP contribution in [0, 0.1) is 0 Å². The van der Waals surface area contributed by atoms with Crippen molar-refractivity contribution in [3.63, 3.8) is 0 Å². The minimum absolute atomic E-state index is 0.529. The fourth-order valence-corrected chi connectivity index (χ4v) is 3.48. The van der Waals surface area contributed by atoms with Gasteiger partial charge in [-0.05, 0) is 18.6 Å². The van der Waals surface area contributed by atoms with Crippen molar-refractivity contribution in [2.45, 2.75) is 31.7 Å². The van der Waals surface area contributed by atoms with Gasteiger partial charge in [-0.15, -0.1) is 0 Å². The topological polar surface area (TPSA) is 38.5 Å². The van der Waals surface area contributed by atoms with Gasteiger partial charge < -0.3 is 15.4 Å². The molecule has 2 unspecified atom stereocenters. The van der Waals surface area contributed by atoms with E-state index in [9.17, 15) is 0 Å². The zero-order chi connectivity index (χ0) is 13.1. The highest BCUT2D eigenvalue weighted by Crippen LogP contribution is 2.33. The van der Waals surface area contributed by atoms with Crippen molar-refractivity contribution in [1.82, 2.24) is 0 Å². The van der Waals surface area contributed by atoms with Crippen LogP contribution in [-0.4, -0.2) is 30.7 Å². The molecule has 18 heavy (non-hydrogen) atoms. The molecule has 0 aromatic heterocycles. The van der Waals surface area contributed by atoms with Crippen molar-refractivity contribution < 1.29 is 4.74 Å². The van der Waals surface area contributed by atoms with Crippen LogP contribution in [0.5, 0.6) is 5.75 Å². The average molecular weight is 266 g/mol. The van der Waals surface area contributed by atoms with Gasteiger partial charge in [0.05, 0.1) is 7.11 Å². The van der Waals surface area contributed by atoms with Gasteiger partial charge in [0.15, 0.2) is 0 Å². The third-order valence-corrected chi connectivity index (χ3v) is 5.04. The first-order chi connectivity index (χ1) is 8.67. The van der Waals surface area contributed by atoms with Crippen molar-refractivity contribution in [1.29, 1.82) is 0 Å². The molecule has 1 aliphatic heterocycles. The lowest BCUT2D eigenvalue weighted by Crippen LogP contribution is -2.45. The molecule has 2 N–H and O–H groups in total. The Kier molecular flexibility index (Phi) is 4.40. The molecular formula is C14H22N2OS. The number of thioether (sulfide) groups is 1. The molecule has 1 saturated heterocycles. The van der Waals surface area contributed by atoms with Crippen LogP contribution in [0.4, 0.5) is 5.69 Å². The Bertz CT molecular complexity index is 411. The van der Waals surface area contributed by atoms with E-state index in [-0.39, 0.29) is 0 Å². The van der Waals surface area contributed by atoms with Crippen LogP contribution in [-0.2, 0) is 6.54 Å². The minimum Gasteiger partial charge on any atom is -0.497 e. The maximum Gasteiger partial charge on any atom is 0.120 e. The van der Waals surface area contributed by atoms with Crippen molar-refractivity contribution in [2.75, 3.05) is 24.3 Å². The van der Waals surface area contributed by atoms with E-state index in [1.54, 1.807) is 7.11 Å². The van der Waals surface area contributed by atoms with Gasteiger partial charge in [0.2, 0.25) is 0 Å². The van der Waals surface area contributed by atoms with Crippen molar-refractivity contribution in [2.24, 2.45) is 5.73 Å². The van der Waals surface area contributed by atoms with Gasteiger partial charge in [0.1, 0.15) is 5.75 Å². The Hall–Kier alpha value is -0.870. The molecule has 1 aromatic carbocycles. The molecule has 1 aromatic rings. The summed E-state index contributed by atoms with van der Waals surface area (Å²) >= 11 is 2.04. The molecule has 2 atom stereocenters. The SMILES string of the molecule is COc1ccc(CN)c(N2CCSC(C)C2C)c1. The highest BCUT2D eigenvalue weighted by molar-refractivity contribution is 8.00. The van der Waals surface area contributed by atoms with E-state index < -0.39 is 0 Å². The summed E-state index contributed by atoms with van der Waals surface area (Å²) in [5, 5.41) is 0.649. The van der Waals surface area contributed by atoms with Gasteiger partial charge in [-0.25, -0.2) is 0 Å². The highest BCUT2D eigenvalue weighted by Gasteiger charge is 2.26. The Morgan fingerprint density at radius 1 is 1.44 bits per heavy atom. The first-order valence-corrected chi connectivity index (χ1v) is 7.47. The molecule has 1 aliphatic rings. The number of benzene rings is 1. The Morgan fingerprint density at radius 3 is 2.89 bits per heavy atom. The molecule has 1 heterocycles. The van der Waals surface area contributed by atoms with Gasteiger partial charge in [0.25, 0.3) is 0 Å². The number of nitrogens with zero attached hydrogens (tertiary/aromatic N) is 1. The number of ether oxygens (including phenoxy) is 1. The summed E-state index contributed by atoms with van der Waals surface area (Å²) in [5.41, 5.74) is 8.29. The lowest BCUT2D eigenvalue weighted by molar-refractivity contribution is 0.414. The highest BCUT2D eigenvalue weighted by atomic mass is 32.2. The zero-order valence-electron chi connectivity index (χ0n) is 11.3. The maximum atomic E-state index is 5.86. The van der Waals surface area contributed by atoms with Crippen LogP contribution in [0.3, 0.4) is 0 Å². The van der Waals surface area contributed by atoms with E-state index in [2.05, 4.69) is 30.9 Å². The van der Waals surface area contributed by atoms with Crippen LogP contribution in [0.1, 0.15) is 19.4 Å². The second-order valence-electron chi connectivity index (χ2n) is 4.71. The average Bonchev–Trinajstić information content (AvgIpc) is 2.41. The summed E-state index contributed by atoms with van der Waals surface area (Å²) in [5.74, 6) is 2.08. The van der Waals surface area contributed by atoms with Crippen LogP contribution >= 0.6 is 11.8 Å². The van der Waals surface area contributed by atoms with Crippen molar-refractivity contribution in [3.8, 4) is 5.75 Å². The standard InChI is InChI=1S/C14H22N2OS/c1-10-11(2)18-7-6-16(10)14-8-13(17-3)5-4-12(14)9-15/h4-5,8,10-11H,6-7,9,15H2,1-3H3. The predicted octanol–water partition coefficient (Wildman–Crippen LogP) is 2.48. The van der Waals surface area contributed by atoms with Crippen molar-refractivity contribution >= 4 is 17.4 Å². The van der Waals surface area contributed by atoms with Crippen LogP contribution < -0.4 is 15.4 Å². The normalized spacial score (nSPS) is 24.1. The molecule has 0 saturated carbocycles. The monoisotopic (exact) mass is 266 g/mol. The number of anilines is 1. The van der Waals surface area contributed by atoms with Gasteiger partial charge in [-0.3, -0.25) is 0 Å². The summed E-state index contributed by atoms with van der Waals surface area (Å²) in [6.07, 6.45) is 0. The summed E-state index contributed by atoms with van der Waals surface area (Å²) < 4.78 is 5.33. The Morgan fingerprint density at radius 2 is 2.22 bits per heavy atom. The minimum atomic E-state index is 0.529. The number of rotatable bonds is 3. The number of nitrogens with two attached hydrogens (primary N) is 1. The van der Waals surface area contributed by atoms with Gasteiger partial charge in [-0.2, -0.15) is 11.8 Å². The first-order valence-electron chi connectivity index (χ1n) is 6.42. The molecule has 0 spiro atoms. The summed E-state index contributed by atoms with van der Waals surface area (Å²) in [4.78, 5) is 2.46.